The van der Waals surface area contributed by atoms with Gasteiger partial charge in [0.15, 0.2) is 0 Å². The third-order valence-corrected chi connectivity index (χ3v) is 4.43. The highest BCUT2D eigenvalue weighted by atomic mass is 32.2. The predicted octanol–water partition coefficient (Wildman–Crippen LogP) is 2.05. The van der Waals surface area contributed by atoms with Crippen LogP contribution in [-0.4, -0.2) is 42.7 Å². The van der Waals surface area contributed by atoms with E-state index in [9.17, 15) is 4.79 Å². The van der Waals surface area contributed by atoms with Gasteiger partial charge in [-0.1, -0.05) is 0 Å². The zero-order valence-electron chi connectivity index (χ0n) is 11.6. The second-order valence-corrected chi connectivity index (χ2v) is 5.70. The molecule has 1 aliphatic heterocycles. The molecule has 1 aliphatic rings. The number of rotatable bonds is 4. The van der Waals surface area contributed by atoms with Crippen molar-refractivity contribution in [3.05, 3.63) is 18.2 Å². The van der Waals surface area contributed by atoms with Crippen molar-refractivity contribution in [1.29, 1.82) is 0 Å². The molecule has 1 amide bonds. The van der Waals surface area contributed by atoms with Crippen molar-refractivity contribution < 1.29 is 4.79 Å². The average Bonchev–Trinajstić information content (AvgIpc) is 2.41. The Bertz CT molecular complexity index is 460. The Hall–Kier alpha value is -1.36. The molecular weight excluding hydrogens is 258 g/mol. The molecule has 0 saturated heterocycles. The molecule has 0 unspecified atom stereocenters. The Morgan fingerprint density at radius 2 is 2.16 bits per heavy atom. The number of hydrogen-bond acceptors (Lipinski definition) is 4. The molecule has 0 atom stereocenters. The Labute approximate surface area is 118 Å². The maximum absolute atomic E-state index is 12.2. The van der Waals surface area contributed by atoms with Crippen LogP contribution >= 0.6 is 11.8 Å². The van der Waals surface area contributed by atoms with Gasteiger partial charge in [-0.25, -0.2) is 0 Å². The van der Waals surface area contributed by atoms with E-state index in [-0.39, 0.29) is 5.91 Å². The summed E-state index contributed by atoms with van der Waals surface area (Å²) >= 11 is 1.83. The molecule has 2 rings (SSSR count). The average molecular weight is 279 g/mol. The second kappa shape index (κ2) is 6.19. The Kier molecular flexibility index (Phi) is 4.58. The maximum atomic E-state index is 12.2. The van der Waals surface area contributed by atoms with Crippen molar-refractivity contribution in [2.24, 2.45) is 0 Å². The number of anilines is 2. The van der Waals surface area contributed by atoms with Gasteiger partial charge in [-0.05, 0) is 32.0 Å². The van der Waals surface area contributed by atoms with Gasteiger partial charge in [-0.3, -0.25) is 4.79 Å². The minimum absolute atomic E-state index is 0.185. The molecule has 0 fully saturated rings. The van der Waals surface area contributed by atoms with Crippen molar-refractivity contribution in [3.8, 4) is 0 Å². The van der Waals surface area contributed by atoms with Gasteiger partial charge in [-0.2, -0.15) is 0 Å². The van der Waals surface area contributed by atoms with Crippen LogP contribution in [0.5, 0.6) is 0 Å². The van der Waals surface area contributed by atoms with Gasteiger partial charge in [-0.15, -0.1) is 11.8 Å². The van der Waals surface area contributed by atoms with E-state index < -0.39 is 0 Å². The summed E-state index contributed by atoms with van der Waals surface area (Å²) in [6, 6.07) is 5.93. The summed E-state index contributed by atoms with van der Waals surface area (Å²) in [6.07, 6.45) is 0. The zero-order chi connectivity index (χ0) is 13.8. The summed E-state index contributed by atoms with van der Waals surface area (Å²) in [5, 5.41) is 0. The van der Waals surface area contributed by atoms with Crippen LogP contribution in [0.3, 0.4) is 0 Å². The number of carbonyl (C=O) groups is 1. The summed E-state index contributed by atoms with van der Waals surface area (Å²) in [5.41, 5.74) is 7.70. The quantitative estimate of drug-likeness (QED) is 0.857. The minimum Gasteiger partial charge on any atom is -0.399 e. The first-order chi connectivity index (χ1) is 9.15. The van der Waals surface area contributed by atoms with E-state index >= 15 is 0 Å². The van der Waals surface area contributed by atoms with Gasteiger partial charge in [0.05, 0.1) is 12.2 Å². The van der Waals surface area contributed by atoms with Crippen LogP contribution in [0.15, 0.2) is 23.1 Å². The van der Waals surface area contributed by atoms with E-state index in [1.54, 1.807) is 0 Å². The zero-order valence-corrected chi connectivity index (χ0v) is 12.4. The van der Waals surface area contributed by atoms with Crippen LogP contribution in [0.25, 0.3) is 0 Å². The standard InChI is InChI=1S/C14H21N3OS/c1-3-16(4-2)14(18)10-17-7-8-19-13-6-5-11(15)9-12(13)17/h5-6,9H,3-4,7-8,10,15H2,1-2H3. The number of nitrogens with zero attached hydrogens (tertiary/aromatic N) is 2. The van der Waals surface area contributed by atoms with E-state index in [0.29, 0.717) is 6.54 Å². The highest BCUT2D eigenvalue weighted by Crippen LogP contribution is 2.35. The van der Waals surface area contributed by atoms with Crippen molar-refractivity contribution in [1.82, 2.24) is 4.90 Å². The lowest BCUT2D eigenvalue weighted by molar-refractivity contribution is -0.129. The van der Waals surface area contributed by atoms with Crippen molar-refractivity contribution in [2.45, 2.75) is 18.7 Å². The number of fused-ring (bicyclic) bond motifs is 1. The monoisotopic (exact) mass is 279 g/mol. The lowest BCUT2D eigenvalue weighted by atomic mass is 10.2. The number of hydrogen-bond donors (Lipinski definition) is 1. The molecule has 19 heavy (non-hydrogen) atoms. The van der Waals surface area contributed by atoms with Crippen LogP contribution in [0, 0.1) is 0 Å². The van der Waals surface area contributed by atoms with Crippen molar-refractivity contribution >= 4 is 29.0 Å². The third-order valence-electron chi connectivity index (χ3n) is 3.38. The molecule has 0 radical (unpaired) electrons. The molecule has 1 aromatic rings. The first-order valence-corrected chi connectivity index (χ1v) is 7.69. The predicted molar refractivity (Wildman–Crippen MR) is 81.7 cm³/mol. The maximum Gasteiger partial charge on any atom is 0.242 e. The number of amides is 1. The van der Waals surface area contributed by atoms with Crippen LogP contribution in [0.1, 0.15) is 13.8 Å². The first-order valence-electron chi connectivity index (χ1n) is 6.70. The molecule has 0 aliphatic carbocycles. The van der Waals surface area contributed by atoms with E-state index in [0.717, 1.165) is 36.8 Å². The summed E-state index contributed by atoms with van der Waals surface area (Å²) in [4.78, 5) is 17.4. The van der Waals surface area contributed by atoms with E-state index in [1.165, 1.54) is 4.90 Å². The van der Waals surface area contributed by atoms with Crippen LogP contribution in [-0.2, 0) is 4.79 Å². The van der Waals surface area contributed by atoms with E-state index in [2.05, 4.69) is 4.90 Å². The van der Waals surface area contributed by atoms with Crippen molar-refractivity contribution in [3.63, 3.8) is 0 Å². The highest BCUT2D eigenvalue weighted by Gasteiger charge is 2.21. The third kappa shape index (κ3) is 3.15. The van der Waals surface area contributed by atoms with Gasteiger partial charge >= 0.3 is 0 Å². The molecule has 0 spiro atoms. The molecule has 1 aromatic carbocycles. The number of likely N-dealkylation sites (N-methyl/N-ethyl adjacent to an activating group) is 1. The number of carbonyl (C=O) groups excluding carboxylic acids is 1. The number of nitrogens with two attached hydrogens (primary N) is 1. The fourth-order valence-corrected chi connectivity index (χ4v) is 3.33. The van der Waals surface area contributed by atoms with Gasteiger partial charge in [0, 0.05) is 36.0 Å². The second-order valence-electron chi connectivity index (χ2n) is 4.56. The number of benzene rings is 1. The molecule has 0 saturated carbocycles. The van der Waals surface area contributed by atoms with Crippen molar-refractivity contribution in [2.75, 3.05) is 42.6 Å². The molecule has 2 N–H and O–H groups in total. The smallest absolute Gasteiger partial charge is 0.242 e. The van der Waals surface area contributed by atoms with Gasteiger partial charge in [0.25, 0.3) is 0 Å². The van der Waals surface area contributed by atoms with E-state index in [1.807, 2.05) is 48.7 Å². The summed E-state index contributed by atoms with van der Waals surface area (Å²) < 4.78 is 0. The summed E-state index contributed by atoms with van der Waals surface area (Å²) in [5.74, 6) is 1.20. The Balaban J connectivity index is 2.15. The molecule has 1 heterocycles. The van der Waals surface area contributed by atoms with Gasteiger partial charge in [0.1, 0.15) is 0 Å². The largest absolute Gasteiger partial charge is 0.399 e. The van der Waals surface area contributed by atoms with Gasteiger partial charge < -0.3 is 15.5 Å². The first kappa shape index (κ1) is 14.1. The minimum atomic E-state index is 0.185. The lowest BCUT2D eigenvalue weighted by Gasteiger charge is -2.32. The van der Waals surface area contributed by atoms with Crippen LogP contribution in [0.2, 0.25) is 0 Å². The summed E-state index contributed by atoms with van der Waals surface area (Å²) in [6.45, 7) is 6.90. The molecule has 0 bridgehead atoms. The topological polar surface area (TPSA) is 49.6 Å². The molecule has 4 nitrogen and oxygen atoms in total. The summed E-state index contributed by atoms with van der Waals surface area (Å²) in [7, 11) is 0. The SMILES string of the molecule is CCN(CC)C(=O)CN1CCSc2ccc(N)cc21. The van der Waals surface area contributed by atoms with Gasteiger partial charge in [0.2, 0.25) is 5.91 Å². The van der Waals surface area contributed by atoms with Crippen LogP contribution in [0.4, 0.5) is 11.4 Å². The molecular formula is C14H21N3OS. The number of nitrogen functional groups attached to an aromatic ring is 1. The van der Waals surface area contributed by atoms with E-state index in [4.69, 9.17) is 5.73 Å². The lowest BCUT2D eigenvalue weighted by Crippen LogP contribution is -2.42. The highest BCUT2D eigenvalue weighted by molar-refractivity contribution is 7.99. The molecule has 104 valence electrons. The molecule has 5 heteroatoms. The number of thioether (sulfide) groups is 1. The fourth-order valence-electron chi connectivity index (χ4n) is 2.29. The molecule has 0 aromatic heterocycles. The fraction of sp³-hybridized carbons (Fsp3) is 0.500. The normalized spacial score (nSPS) is 14.1. The Morgan fingerprint density at radius 3 is 2.84 bits per heavy atom. The Morgan fingerprint density at radius 1 is 1.42 bits per heavy atom. The van der Waals surface area contributed by atoms with Crippen LogP contribution < -0.4 is 10.6 Å².